The molecule has 1 rings (SSSR count). The van der Waals surface area contributed by atoms with Crippen LogP contribution in [0.15, 0.2) is 4.99 Å². The maximum Gasteiger partial charge on any atom is 0.236 e. The Kier molecular flexibility index (Phi) is 3.62. The predicted octanol–water partition coefficient (Wildman–Crippen LogP) is 2.35. The van der Waals surface area contributed by atoms with Crippen molar-refractivity contribution in [2.45, 2.75) is 6.92 Å². The van der Waals surface area contributed by atoms with Crippen molar-refractivity contribution in [3.05, 3.63) is 9.39 Å². The van der Waals surface area contributed by atoms with Gasteiger partial charge in [-0.2, -0.15) is 0 Å². The number of hydrogen-bond acceptors (Lipinski definition) is 3. The number of aryl methyl sites for hydroxylation is 1. The third-order valence-corrected chi connectivity index (χ3v) is 2.87. The van der Waals surface area contributed by atoms with Gasteiger partial charge >= 0.3 is 0 Å². The lowest BCUT2D eigenvalue weighted by molar-refractivity contribution is 1.10. The second kappa shape index (κ2) is 4.30. The zero-order valence-corrected chi connectivity index (χ0v) is 10.6. The second-order valence-electron chi connectivity index (χ2n) is 2.01. The van der Waals surface area contributed by atoms with Crippen molar-refractivity contribution in [3.63, 3.8) is 0 Å². The molecule has 64 valence electrons. The molecule has 0 saturated heterocycles. The van der Waals surface area contributed by atoms with E-state index in [2.05, 4.69) is 32.6 Å². The Balaban J connectivity index is 3.28. The molecule has 0 radical (unpaired) electrons. The minimum Gasteiger partial charge on any atom is -0.291 e. The molecule has 0 saturated carbocycles. The lowest BCUT2D eigenvalue weighted by Gasteiger charge is -1.94. The van der Waals surface area contributed by atoms with Gasteiger partial charge in [-0.3, -0.25) is 9.98 Å². The quantitative estimate of drug-likeness (QED) is 0.472. The lowest BCUT2D eigenvalue weighted by Crippen LogP contribution is -1.95. The largest absolute Gasteiger partial charge is 0.291 e. The number of aromatic nitrogens is 2. The second-order valence-corrected chi connectivity index (χ2v) is 3.59. The molecule has 6 heteroatoms. The van der Waals surface area contributed by atoms with Gasteiger partial charge in [0.2, 0.25) is 5.95 Å². The summed E-state index contributed by atoms with van der Waals surface area (Å²) in [6.45, 7) is 1.90. The van der Waals surface area contributed by atoms with E-state index in [9.17, 15) is 0 Å². The first kappa shape index (κ1) is 10.1. The van der Waals surface area contributed by atoms with Crippen LogP contribution in [0.1, 0.15) is 5.69 Å². The lowest BCUT2D eigenvalue weighted by atomic mass is 10.6. The van der Waals surface area contributed by atoms with E-state index >= 15 is 0 Å². The Hall–Kier alpha value is 0.01000. The SMILES string of the molecule is Cc1nc(/N=C\I)n(C=N)c1I. The summed E-state index contributed by atoms with van der Waals surface area (Å²) in [6, 6.07) is 0. The third kappa shape index (κ3) is 1.84. The highest BCUT2D eigenvalue weighted by Crippen LogP contribution is 2.17. The highest BCUT2D eigenvalue weighted by Gasteiger charge is 2.08. The van der Waals surface area contributed by atoms with E-state index in [4.69, 9.17) is 5.41 Å². The summed E-state index contributed by atoms with van der Waals surface area (Å²) < 4.78 is 4.19. The molecule has 0 fully saturated rings. The molecule has 0 spiro atoms. The molecular weight excluding hydrogens is 382 g/mol. The van der Waals surface area contributed by atoms with E-state index in [0.29, 0.717) is 5.95 Å². The van der Waals surface area contributed by atoms with Gasteiger partial charge in [-0.25, -0.2) is 9.98 Å². The maximum absolute atomic E-state index is 7.13. The molecule has 0 aliphatic carbocycles. The van der Waals surface area contributed by atoms with Crippen LogP contribution in [-0.2, 0) is 0 Å². The molecule has 1 heterocycles. The molecule has 1 aromatic rings. The van der Waals surface area contributed by atoms with Gasteiger partial charge in [-0.15, -0.1) is 0 Å². The van der Waals surface area contributed by atoms with Crippen LogP contribution in [0.4, 0.5) is 5.95 Å². The molecule has 0 aliphatic rings. The van der Waals surface area contributed by atoms with E-state index in [1.807, 2.05) is 29.5 Å². The Morgan fingerprint density at radius 3 is 2.83 bits per heavy atom. The van der Waals surface area contributed by atoms with Crippen molar-refractivity contribution >= 4 is 61.7 Å². The molecular formula is C6H6I2N4. The highest BCUT2D eigenvalue weighted by molar-refractivity contribution is 14.1. The number of halogens is 2. The zero-order valence-electron chi connectivity index (χ0n) is 6.25. The third-order valence-electron chi connectivity index (χ3n) is 1.29. The first-order valence-corrected chi connectivity index (χ1v) is 5.40. The topological polar surface area (TPSA) is 54.0 Å². The van der Waals surface area contributed by atoms with Gasteiger partial charge in [0.05, 0.1) is 16.3 Å². The molecule has 1 aromatic heterocycles. The molecule has 1 N–H and O–H groups in total. The first-order chi connectivity index (χ1) is 5.70. The normalized spacial score (nSPS) is 10.9. The fraction of sp³-hybridized carbons (Fsp3) is 0.167. The molecule has 4 nitrogen and oxygen atoms in total. The Bertz CT molecular complexity index is 329. The van der Waals surface area contributed by atoms with Gasteiger partial charge in [0.25, 0.3) is 0 Å². The first-order valence-electron chi connectivity index (χ1n) is 3.08. The van der Waals surface area contributed by atoms with Crippen molar-refractivity contribution in [3.8, 4) is 0 Å². The molecule has 0 bridgehead atoms. The summed E-state index contributed by atoms with van der Waals surface area (Å²) in [4.78, 5) is 8.19. The fourth-order valence-corrected chi connectivity index (χ4v) is 1.49. The fourth-order valence-electron chi connectivity index (χ4n) is 0.761. The van der Waals surface area contributed by atoms with Gasteiger partial charge in [-0.1, -0.05) is 0 Å². The minimum atomic E-state index is 0.557. The number of aliphatic imine (C=N–C) groups is 1. The van der Waals surface area contributed by atoms with E-state index < -0.39 is 0 Å². The van der Waals surface area contributed by atoms with Gasteiger partial charge in [0.15, 0.2) is 0 Å². The van der Waals surface area contributed by atoms with E-state index in [0.717, 1.165) is 9.39 Å². The van der Waals surface area contributed by atoms with E-state index in [1.54, 1.807) is 8.79 Å². The number of rotatable bonds is 2. The van der Waals surface area contributed by atoms with Crippen molar-refractivity contribution in [2.75, 3.05) is 0 Å². The maximum atomic E-state index is 7.13. The summed E-state index contributed by atoms with van der Waals surface area (Å²) >= 11 is 4.16. The van der Waals surface area contributed by atoms with Crippen LogP contribution in [0.3, 0.4) is 0 Å². The van der Waals surface area contributed by atoms with Crippen LogP contribution in [-0.4, -0.2) is 20.1 Å². The molecule has 0 atom stereocenters. The van der Waals surface area contributed by atoms with E-state index in [1.165, 1.54) is 6.34 Å². The average Bonchev–Trinajstić information content (AvgIpc) is 2.29. The smallest absolute Gasteiger partial charge is 0.236 e. The van der Waals surface area contributed by atoms with Crippen LogP contribution >= 0.6 is 45.2 Å². The van der Waals surface area contributed by atoms with Gasteiger partial charge in [0, 0.05) is 0 Å². The summed E-state index contributed by atoms with van der Waals surface area (Å²) in [7, 11) is 0. The number of hydrogen-bond donors (Lipinski definition) is 1. The summed E-state index contributed by atoms with van der Waals surface area (Å²) in [5.74, 6) is 0.557. The van der Waals surface area contributed by atoms with E-state index in [-0.39, 0.29) is 0 Å². The zero-order chi connectivity index (χ0) is 9.14. The highest BCUT2D eigenvalue weighted by atomic mass is 127. The monoisotopic (exact) mass is 388 g/mol. The van der Waals surface area contributed by atoms with Crippen molar-refractivity contribution in [2.24, 2.45) is 4.99 Å². The minimum absolute atomic E-state index is 0.557. The van der Waals surface area contributed by atoms with Gasteiger partial charge in [0.1, 0.15) is 3.70 Å². The van der Waals surface area contributed by atoms with Crippen LogP contribution < -0.4 is 0 Å². The molecule has 0 aromatic carbocycles. The van der Waals surface area contributed by atoms with Crippen molar-refractivity contribution in [1.29, 1.82) is 5.41 Å². The number of imidazole rings is 1. The van der Waals surface area contributed by atoms with Crippen LogP contribution in [0.25, 0.3) is 0 Å². The predicted molar refractivity (Wildman–Crippen MR) is 66.0 cm³/mol. The summed E-state index contributed by atoms with van der Waals surface area (Å²) in [6.07, 6.45) is 1.21. The summed E-state index contributed by atoms with van der Waals surface area (Å²) in [5, 5.41) is 7.13. The molecule has 12 heavy (non-hydrogen) atoms. The molecule has 0 unspecified atom stereocenters. The van der Waals surface area contributed by atoms with Crippen molar-refractivity contribution < 1.29 is 0 Å². The molecule has 0 amide bonds. The van der Waals surface area contributed by atoms with Crippen LogP contribution in [0.5, 0.6) is 0 Å². The molecule has 0 aliphatic heterocycles. The standard InChI is InChI=1S/C6H6I2N4/c1-4-5(8)12(3-9)6(11-4)10-2-7/h2-3,9H,1H3/b9-3?,10-2-. The summed E-state index contributed by atoms with van der Waals surface area (Å²) in [5.41, 5.74) is 0.899. The number of nitrogens with one attached hydrogen (secondary N) is 1. The average molecular weight is 388 g/mol. The van der Waals surface area contributed by atoms with Crippen LogP contribution in [0, 0.1) is 16.0 Å². The van der Waals surface area contributed by atoms with Gasteiger partial charge < -0.3 is 0 Å². The van der Waals surface area contributed by atoms with Crippen molar-refractivity contribution in [1.82, 2.24) is 9.55 Å². The Morgan fingerprint density at radius 1 is 1.67 bits per heavy atom. The van der Waals surface area contributed by atoms with Gasteiger partial charge in [-0.05, 0) is 52.1 Å². The Morgan fingerprint density at radius 2 is 2.33 bits per heavy atom. The number of nitrogens with zero attached hydrogens (tertiary/aromatic N) is 3. The Labute approximate surface area is 97.3 Å². The van der Waals surface area contributed by atoms with Crippen LogP contribution in [0.2, 0.25) is 0 Å².